The fourth-order valence-corrected chi connectivity index (χ4v) is 1.37. The van der Waals surface area contributed by atoms with Crippen LogP contribution in [0.2, 0.25) is 0 Å². The largest absolute Gasteiger partial charge is 0.351 e. The van der Waals surface area contributed by atoms with E-state index in [1.54, 1.807) is 0 Å². The van der Waals surface area contributed by atoms with Crippen molar-refractivity contribution >= 4 is 21.8 Å². The predicted octanol–water partition coefficient (Wildman–Crippen LogP) is 1.80. The highest BCUT2D eigenvalue weighted by Crippen LogP contribution is 1.97. The first-order valence-corrected chi connectivity index (χ1v) is 5.82. The summed E-state index contributed by atoms with van der Waals surface area (Å²) in [5.74, 6) is -0.0161. The molecule has 0 saturated carbocycles. The van der Waals surface area contributed by atoms with Gasteiger partial charge in [-0.15, -0.1) is 0 Å². The van der Waals surface area contributed by atoms with Gasteiger partial charge in [0.05, 0.1) is 6.54 Å². The Kier molecular flexibility index (Phi) is 5.82. The zero-order valence-corrected chi connectivity index (χ0v) is 10.6. The van der Waals surface area contributed by atoms with Gasteiger partial charge in [0.25, 0.3) is 0 Å². The van der Waals surface area contributed by atoms with E-state index < -0.39 is 0 Å². The van der Waals surface area contributed by atoms with E-state index >= 15 is 0 Å². The molecule has 0 bridgehead atoms. The summed E-state index contributed by atoms with van der Waals surface area (Å²) in [5, 5.41) is 5.79. The van der Waals surface area contributed by atoms with Crippen LogP contribution in [0, 0.1) is 0 Å². The van der Waals surface area contributed by atoms with Crippen molar-refractivity contribution in [3.05, 3.63) is 47.0 Å². The molecule has 1 aromatic rings. The van der Waals surface area contributed by atoms with Crippen LogP contribution in [0.25, 0.3) is 0 Å². The predicted molar refractivity (Wildman–Crippen MR) is 69.2 cm³/mol. The first-order valence-electron chi connectivity index (χ1n) is 5.03. The molecule has 2 N–H and O–H groups in total. The molecule has 4 heteroatoms. The van der Waals surface area contributed by atoms with E-state index in [2.05, 4.69) is 33.1 Å². The van der Waals surface area contributed by atoms with Crippen LogP contribution in [0.3, 0.4) is 0 Å². The molecule has 0 aliphatic heterocycles. The monoisotopic (exact) mass is 282 g/mol. The second-order valence-corrected chi connectivity index (χ2v) is 4.50. The average molecular weight is 283 g/mol. The Morgan fingerprint density at radius 2 is 1.94 bits per heavy atom. The molecule has 86 valence electrons. The maximum atomic E-state index is 11.4. The molecule has 3 nitrogen and oxygen atoms in total. The number of rotatable bonds is 6. The van der Waals surface area contributed by atoms with E-state index in [0.29, 0.717) is 19.6 Å². The van der Waals surface area contributed by atoms with Gasteiger partial charge in [0.2, 0.25) is 5.91 Å². The maximum Gasteiger partial charge on any atom is 0.234 e. The molecule has 0 aliphatic rings. The molecule has 0 aromatic heterocycles. The molecule has 0 saturated heterocycles. The van der Waals surface area contributed by atoms with Crippen LogP contribution >= 0.6 is 15.9 Å². The Hall–Kier alpha value is -1.13. The molecule has 0 aliphatic carbocycles. The second-order valence-electron chi connectivity index (χ2n) is 3.38. The lowest BCUT2D eigenvalue weighted by molar-refractivity contribution is -0.120. The minimum absolute atomic E-state index is 0.0161. The Labute approximate surface area is 104 Å². The summed E-state index contributed by atoms with van der Waals surface area (Å²) < 4.78 is 0.836. The zero-order chi connectivity index (χ0) is 11.8. The fraction of sp³-hybridized carbons (Fsp3) is 0.250. The molecule has 0 unspecified atom stereocenters. The van der Waals surface area contributed by atoms with Gasteiger partial charge in [-0.2, -0.15) is 0 Å². The standard InChI is InChI=1S/C12H15BrN2O/c1-10(13)7-14-9-12(16)15-8-11-5-3-2-4-6-11/h2-6,14H,1,7-9H2,(H,15,16). The summed E-state index contributed by atoms with van der Waals surface area (Å²) in [4.78, 5) is 11.4. The first kappa shape index (κ1) is 12.9. The molecule has 1 aromatic carbocycles. The highest BCUT2D eigenvalue weighted by Gasteiger charge is 2.00. The van der Waals surface area contributed by atoms with Gasteiger partial charge in [0.1, 0.15) is 0 Å². The van der Waals surface area contributed by atoms with E-state index in [9.17, 15) is 4.79 Å². The van der Waals surface area contributed by atoms with Gasteiger partial charge in [-0.3, -0.25) is 4.79 Å². The van der Waals surface area contributed by atoms with Crippen LogP contribution in [0.1, 0.15) is 5.56 Å². The lowest BCUT2D eigenvalue weighted by Crippen LogP contribution is -2.33. The topological polar surface area (TPSA) is 41.1 Å². The van der Waals surface area contributed by atoms with Crippen LogP contribution in [0.4, 0.5) is 0 Å². The average Bonchev–Trinajstić information content (AvgIpc) is 2.27. The van der Waals surface area contributed by atoms with Crippen LogP contribution in [-0.4, -0.2) is 19.0 Å². The normalized spacial score (nSPS) is 9.81. The highest BCUT2D eigenvalue weighted by atomic mass is 79.9. The molecule has 1 rings (SSSR count). The summed E-state index contributed by atoms with van der Waals surface area (Å²) in [6.45, 7) is 5.13. The summed E-state index contributed by atoms with van der Waals surface area (Å²) in [6, 6.07) is 9.82. The Morgan fingerprint density at radius 1 is 1.25 bits per heavy atom. The quantitative estimate of drug-likeness (QED) is 0.836. The van der Waals surface area contributed by atoms with E-state index in [1.807, 2.05) is 30.3 Å². The third kappa shape index (κ3) is 5.68. The fourth-order valence-electron chi connectivity index (χ4n) is 1.17. The van der Waals surface area contributed by atoms with Crippen molar-refractivity contribution < 1.29 is 4.79 Å². The van der Waals surface area contributed by atoms with E-state index in [4.69, 9.17) is 0 Å². The second kappa shape index (κ2) is 7.19. The number of carbonyl (C=O) groups is 1. The SMILES string of the molecule is C=C(Br)CNCC(=O)NCc1ccccc1. The molecule has 0 heterocycles. The minimum Gasteiger partial charge on any atom is -0.351 e. The number of hydrogen-bond acceptors (Lipinski definition) is 2. The molecule has 1 amide bonds. The van der Waals surface area contributed by atoms with Gasteiger partial charge < -0.3 is 10.6 Å². The molecule has 0 atom stereocenters. The lowest BCUT2D eigenvalue weighted by Gasteiger charge is -2.06. The zero-order valence-electron chi connectivity index (χ0n) is 9.00. The summed E-state index contributed by atoms with van der Waals surface area (Å²) >= 11 is 3.21. The third-order valence-corrected chi connectivity index (χ3v) is 2.22. The highest BCUT2D eigenvalue weighted by molar-refractivity contribution is 9.11. The van der Waals surface area contributed by atoms with Crippen LogP contribution in [0.15, 0.2) is 41.4 Å². The minimum atomic E-state index is -0.0161. The molecule has 0 spiro atoms. The summed E-state index contributed by atoms with van der Waals surface area (Å²) in [7, 11) is 0. The Morgan fingerprint density at radius 3 is 2.56 bits per heavy atom. The Bertz CT molecular complexity index is 351. The van der Waals surface area contributed by atoms with Gasteiger partial charge in [-0.1, -0.05) is 52.8 Å². The molecular weight excluding hydrogens is 268 g/mol. The molecule has 16 heavy (non-hydrogen) atoms. The van der Waals surface area contributed by atoms with E-state index in [0.717, 1.165) is 10.0 Å². The summed E-state index contributed by atoms with van der Waals surface area (Å²) in [6.07, 6.45) is 0. The number of nitrogens with one attached hydrogen (secondary N) is 2. The van der Waals surface area contributed by atoms with Crippen molar-refractivity contribution in [3.8, 4) is 0 Å². The number of benzene rings is 1. The number of halogens is 1. The van der Waals surface area contributed by atoms with Crippen LogP contribution in [-0.2, 0) is 11.3 Å². The summed E-state index contributed by atoms with van der Waals surface area (Å²) in [5.41, 5.74) is 1.10. The van der Waals surface area contributed by atoms with Gasteiger partial charge in [-0.05, 0) is 5.56 Å². The van der Waals surface area contributed by atoms with Crippen molar-refractivity contribution in [2.45, 2.75) is 6.54 Å². The van der Waals surface area contributed by atoms with Gasteiger partial charge in [0, 0.05) is 17.6 Å². The third-order valence-electron chi connectivity index (χ3n) is 1.93. The Balaban J connectivity index is 2.18. The maximum absolute atomic E-state index is 11.4. The van der Waals surface area contributed by atoms with Crippen molar-refractivity contribution in [2.24, 2.45) is 0 Å². The number of hydrogen-bond donors (Lipinski definition) is 2. The van der Waals surface area contributed by atoms with Gasteiger partial charge in [0.15, 0.2) is 0 Å². The van der Waals surface area contributed by atoms with Crippen LogP contribution in [0.5, 0.6) is 0 Å². The molecule has 0 fully saturated rings. The van der Waals surface area contributed by atoms with E-state index in [-0.39, 0.29) is 5.91 Å². The van der Waals surface area contributed by atoms with Crippen LogP contribution < -0.4 is 10.6 Å². The molecule has 0 radical (unpaired) electrons. The number of amides is 1. The molecular formula is C12H15BrN2O. The lowest BCUT2D eigenvalue weighted by atomic mass is 10.2. The van der Waals surface area contributed by atoms with Crippen molar-refractivity contribution in [2.75, 3.05) is 13.1 Å². The van der Waals surface area contributed by atoms with E-state index in [1.165, 1.54) is 0 Å². The van der Waals surface area contributed by atoms with Crippen molar-refractivity contribution in [1.82, 2.24) is 10.6 Å². The van der Waals surface area contributed by atoms with Crippen molar-refractivity contribution in [1.29, 1.82) is 0 Å². The smallest absolute Gasteiger partial charge is 0.234 e. The van der Waals surface area contributed by atoms with Gasteiger partial charge >= 0.3 is 0 Å². The van der Waals surface area contributed by atoms with Crippen molar-refractivity contribution in [3.63, 3.8) is 0 Å². The van der Waals surface area contributed by atoms with Gasteiger partial charge in [-0.25, -0.2) is 0 Å². The number of carbonyl (C=O) groups excluding carboxylic acids is 1. The first-order chi connectivity index (χ1) is 7.68.